The van der Waals surface area contributed by atoms with E-state index in [1.54, 1.807) is 0 Å². The summed E-state index contributed by atoms with van der Waals surface area (Å²) >= 11 is 11.6. The fourth-order valence-corrected chi connectivity index (χ4v) is 2.21. The molecule has 3 N–H and O–H groups in total. The Bertz CT molecular complexity index is 948. The highest BCUT2D eigenvalue weighted by Gasteiger charge is 2.21. The minimum atomic E-state index is -0.961. The molecule has 126 valence electrons. The second kappa shape index (κ2) is 6.90. The monoisotopic (exact) mass is 371 g/mol. The van der Waals surface area contributed by atoms with Crippen LogP contribution in [0.25, 0.3) is 0 Å². The van der Waals surface area contributed by atoms with Crippen molar-refractivity contribution < 1.29 is 14.3 Å². The smallest absolute Gasteiger partial charge is 0.340 e. The third-order valence-electron chi connectivity index (χ3n) is 3.13. The molecule has 1 aromatic heterocycles. The molecule has 0 saturated carbocycles. The average molecular weight is 372 g/mol. The van der Waals surface area contributed by atoms with E-state index in [1.165, 1.54) is 25.2 Å². The van der Waals surface area contributed by atoms with Crippen LogP contribution in [0.4, 0.5) is 5.82 Å². The number of aromatic amines is 1. The summed E-state index contributed by atoms with van der Waals surface area (Å²) in [5.74, 6) is -2.09. The molecule has 0 aliphatic heterocycles. The molecule has 0 amide bonds. The number of anilines is 1. The van der Waals surface area contributed by atoms with Gasteiger partial charge in [0.2, 0.25) is 5.78 Å². The van der Waals surface area contributed by atoms with Gasteiger partial charge in [0.1, 0.15) is 11.4 Å². The Morgan fingerprint density at radius 2 is 1.96 bits per heavy atom. The van der Waals surface area contributed by atoms with E-state index in [1.807, 2.05) is 4.98 Å². The van der Waals surface area contributed by atoms with Crippen molar-refractivity contribution >= 4 is 40.8 Å². The highest BCUT2D eigenvalue weighted by molar-refractivity contribution is 6.35. The quantitative estimate of drug-likeness (QED) is 0.610. The molecule has 24 heavy (non-hydrogen) atoms. The third-order valence-corrected chi connectivity index (χ3v) is 3.70. The van der Waals surface area contributed by atoms with Gasteiger partial charge in [0.05, 0.1) is 10.6 Å². The van der Waals surface area contributed by atoms with E-state index in [9.17, 15) is 19.2 Å². The molecule has 2 aromatic rings. The van der Waals surface area contributed by atoms with Crippen LogP contribution in [-0.2, 0) is 11.8 Å². The first-order valence-corrected chi connectivity index (χ1v) is 7.22. The number of nitrogen functional groups attached to an aromatic ring is 1. The lowest BCUT2D eigenvalue weighted by atomic mass is 10.2. The van der Waals surface area contributed by atoms with Crippen LogP contribution < -0.4 is 17.0 Å². The van der Waals surface area contributed by atoms with Crippen molar-refractivity contribution in [3.63, 3.8) is 0 Å². The summed E-state index contributed by atoms with van der Waals surface area (Å²) < 4.78 is 5.73. The van der Waals surface area contributed by atoms with E-state index in [2.05, 4.69) is 0 Å². The molecule has 1 aromatic carbocycles. The maximum atomic E-state index is 12.1. The fraction of sp³-hybridized carbons (Fsp3) is 0.143. The predicted octanol–water partition coefficient (Wildman–Crippen LogP) is 1.00. The normalized spacial score (nSPS) is 10.5. The van der Waals surface area contributed by atoms with Crippen molar-refractivity contribution in [1.29, 1.82) is 0 Å². The van der Waals surface area contributed by atoms with Crippen molar-refractivity contribution in [3.8, 4) is 0 Å². The molecule has 0 unspecified atom stereocenters. The van der Waals surface area contributed by atoms with Crippen molar-refractivity contribution in [2.24, 2.45) is 7.05 Å². The molecule has 2 rings (SSSR count). The van der Waals surface area contributed by atoms with Gasteiger partial charge in [0.25, 0.3) is 5.56 Å². The SMILES string of the molecule is Cn1c(N)c(C(=O)COC(=O)c2cc(Cl)ccc2Cl)c(=O)[nH]c1=O. The van der Waals surface area contributed by atoms with Crippen LogP contribution in [-0.4, -0.2) is 27.9 Å². The molecule has 0 saturated heterocycles. The zero-order valence-corrected chi connectivity index (χ0v) is 13.8. The molecule has 8 nitrogen and oxygen atoms in total. The Labute approximate surface area is 144 Å². The maximum absolute atomic E-state index is 12.1. The molecule has 0 spiro atoms. The number of hydrogen-bond acceptors (Lipinski definition) is 6. The summed E-state index contributed by atoms with van der Waals surface area (Å²) in [6.45, 7) is -0.757. The molecule has 1 heterocycles. The molecular weight excluding hydrogens is 361 g/mol. The number of nitrogens with one attached hydrogen (secondary N) is 1. The Hall–Kier alpha value is -2.58. The van der Waals surface area contributed by atoms with Crippen LogP contribution in [0.3, 0.4) is 0 Å². The zero-order chi connectivity index (χ0) is 18.0. The van der Waals surface area contributed by atoms with Gasteiger partial charge in [-0.25, -0.2) is 9.59 Å². The topological polar surface area (TPSA) is 124 Å². The standard InChI is InChI=1S/C14H11Cl2N3O5/c1-19-11(17)10(12(21)18-14(19)23)9(20)5-24-13(22)7-4-6(15)2-3-8(7)16/h2-4H,5,17H2,1H3,(H,18,21,23). The maximum Gasteiger partial charge on any atom is 0.340 e. The zero-order valence-electron chi connectivity index (χ0n) is 12.3. The first-order valence-electron chi connectivity index (χ1n) is 6.46. The molecule has 0 aliphatic carbocycles. The molecular formula is C14H11Cl2N3O5. The number of halogens is 2. The van der Waals surface area contributed by atoms with Crippen molar-refractivity contribution in [3.05, 3.63) is 60.2 Å². The Balaban J connectivity index is 2.21. The number of rotatable bonds is 4. The molecule has 10 heteroatoms. The highest BCUT2D eigenvalue weighted by Crippen LogP contribution is 2.21. The summed E-state index contributed by atoms with van der Waals surface area (Å²) in [5.41, 5.74) is 3.36. The Morgan fingerprint density at radius 3 is 2.62 bits per heavy atom. The van der Waals surface area contributed by atoms with Gasteiger partial charge in [-0.2, -0.15) is 0 Å². The van der Waals surface area contributed by atoms with Gasteiger partial charge in [-0.1, -0.05) is 23.2 Å². The lowest BCUT2D eigenvalue weighted by Gasteiger charge is -2.09. The van der Waals surface area contributed by atoms with Gasteiger partial charge in [0, 0.05) is 12.1 Å². The lowest BCUT2D eigenvalue weighted by molar-refractivity contribution is 0.0474. The van der Waals surface area contributed by atoms with Crippen molar-refractivity contribution in [1.82, 2.24) is 9.55 Å². The number of ketones is 1. The number of carbonyl (C=O) groups is 2. The van der Waals surface area contributed by atoms with Crippen LogP contribution in [0.5, 0.6) is 0 Å². The van der Waals surface area contributed by atoms with Crippen LogP contribution in [0.15, 0.2) is 27.8 Å². The van der Waals surface area contributed by atoms with E-state index in [4.69, 9.17) is 33.7 Å². The van der Waals surface area contributed by atoms with Crippen molar-refractivity contribution in [2.75, 3.05) is 12.3 Å². The molecule has 0 fully saturated rings. The predicted molar refractivity (Wildman–Crippen MR) is 87.8 cm³/mol. The second-order valence-corrected chi connectivity index (χ2v) is 5.55. The van der Waals surface area contributed by atoms with E-state index < -0.39 is 35.2 Å². The van der Waals surface area contributed by atoms with E-state index in [0.717, 1.165) is 4.57 Å². The van der Waals surface area contributed by atoms with Gasteiger partial charge >= 0.3 is 11.7 Å². The van der Waals surface area contributed by atoms with Gasteiger partial charge in [-0.05, 0) is 18.2 Å². The molecule has 0 atom stereocenters. The van der Waals surface area contributed by atoms with E-state index in [0.29, 0.717) is 0 Å². The third kappa shape index (κ3) is 3.50. The van der Waals surface area contributed by atoms with Gasteiger partial charge < -0.3 is 10.5 Å². The van der Waals surface area contributed by atoms with Gasteiger partial charge in [-0.15, -0.1) is 0 Å². The van der Waals surface area contributed by atoms with Crippen molar-refractivity contribution in [2.45, 2.75) is 0 Å². The number of nitrogens with zero attached hydrogens (tertiary/aromatic N) is 1. The van der Waals surface area contributed by atoms with Crippen LogP contribution >= 0.6 is 23.2 Å². The van der Waals surface area contributed by atoms with E-state index in [-0.39, 0.29) is 21.4 Å². The number of esters is 1. The largest absolute Gasteiger partial charge is 0.454 e. The second-order valence-electron chi connectivity index (χ2n) is 4.70. The number of hydrogen-bond donors (Lipinski definition) is 2. The number of Topliss-reactive ketones (excluding diaryl/α,β-unsaturated/α-hetero) is 1. The summed E-state index contributed by atoms with van der Waals surface area (Å²) in [5, 5.41) is 0.354. The number of carbonyl (C=O) groups excluding carboxylic acids is 2. The molecule has 0 radical (unpaired) electrons. The van der Waals surface area contributed by atoms with E-state index >= 15 is 0 Å². The number of nitrogens with two attached hydrogens (primary N) is 1. The average Bonchev–Trinajstić information content (AvgIpc) is 2.52. The minimum absolute atomic E-state index is 0.0284. The number of aromatic nitrogens is 2. The van der Waals surface area contributed by atoms with Gasteiger partial charge in [0.15, 0.2) is 6.61 Å². The molecule has 0 bridgehead atoms. The highest BCUT2D eigenvalue weighted by atomic mass is 35.5. The summed E-state index contributed by atoms with van der Waals surface area (Å²) in [4.78, 5) is 49.1. The summed E-state index contributed by atoms with van der Waals surface area (Å²) in [6, 6.07) is 4.17. The summed E-state index contributed by atoms with van der Waals surface area (Å²) in [7, 11) is 1.28. The first kappa shape index (κ1) is 17.8. The summed E-state index contributed by atoms with van der Waals surface area (Å²) in [6.07, 6.45) is 0. The fourth-order valence-electron chi connectivity index (χ4n) is 1.84. The number of benzene rings is 1. The Kier molecular flexibility index (Phi) is 5.10. The lowest BCUT2D eigenvalue weighted by Crippen LogP contribution is -2.35. The minimum Gasteiger partial charge on any atom is -0.454 e. The number of H-pyrrole nitrogens is 1. The Morgan fingerprint density at radius 1 is 1.29 bits per heavy atom. The van der Waals surface area contributed by atoms with Gasteiger partial charge in [-0.3, -0.25) is 19.1 Å². The van der Waals surface area contributed by atoms with Crippen LogP contribution in [0.2, 0.25) is 10.0 Å². The van der Waals surface area contributed by atoms with Crippen LogP contribution in [0, 0.1) is 0 Å². The van der Waals surface area contributed by atoms with Crippen LogP contribution in [0.1, 0.15) is 20.7 Å². The molecule has 0 aliphatic rings. The first-order chi connectivity index (χ1) is 11.2. The number of ether oxygens (including phenoxy) is 1.